The third-order valence-corrected chi connectivity index (χ3v) is 7.25. The number of aliphatic hydroxyl groups excluding tert-OH is 1. The molecule has 2 aromatic rings. The largest absolute Gasteiger partial charge is 0.497 e. The Labute approximate surface area is 205 Å². The van der Waals surface area contributed by atoms with Crippen LogP contribution in [0.1, 0.15) is 29.3 Å². The quantitative estimate of drug-likeness (QED) is 0.346. The summed E-state index contributed by atoms with van der Waals surface area (Å²) in [5.74, 6) is 1.53. The maximum absolute atomic E-state index is 13.5. The number of benzene rings is 1. The molecule has 0 bridgehead atoms. The fourth-order valence-corrected chi connectivity index (χ4v) is 5.33. The van der Waals surface area contributed by atoms with Crippen molar-refractivity contribution < 1.29 is 24.1 Å². The second kappa shape index (κ2) is 11.8. The molecule has 2 atom stereocenters. The summed E-state index contributed by atoms with van der Waals surface area (Å²) >= 11 is 1.74. The molecule has 184 valence electrons. The number of methoxy groups -OCH3 is 1. The molecule has 1 aromatic heterocycles. The highest BCUT2D eigenvalue weighted by Crippen LogP contribution is 2.35. The van der Waals surface area contributed by atoms with Crippen LogP contribution >= 0.6 is 11.3 Å². The minimum absolute atomic E-state index is 0.0715. The molecule has 1 aliphatic carbocycles. The van der Waals surface area contributed by atoms with Crippen LogP contribution in [0.25, 0.3) is 0 Å². The summed E-state index contributed by atoms with van der Waals surface area (Å²) in [5.41, 5.74) is 1.17. The van der Waals surface area contributed by atoms with Gasteiger partial charge in [-0.1, -0.05) is 12.1 Å². The average Bonchev–Trinajstić information content (AvgIpc) is 3.59. The van der Waals surface area contributed by atoms with Gasteiger partial charge in [-0.2, -0.15) is 0 Å². The summed E-state index contributed by atoms with van der Waals surface area (Å²) in [5, 5.41) is 12.5. The van der Waals surface area contributed by atoms with Crippen LogP contribution in [0.5, 0.6) is 11.5 Å². The highest BCUT2D eigenvalue weighted by molar-refractivity contribution is 7.10. The average molecular weight is 487 g/mol. The second-order valence-electron chi connectivity index (χ2n) is 8.78. The summed E-state index contributed by atoms with van der Waals surface area (Å²) in [6.07, 6.45) is 4.01. The van der Waals surface area contributed by atoms with E-state index in [-0.39, 0.29) is 25.1 Å². The minimum Gasteiger partial charge on any atom is -0.497 e. The van der Waals surface area contributed by atoms with Crippen LogP contribution in [0.15, 0.2) is 48.4 Å². The van der Waals surface area contributed by atoms with Gasteiger partial charge in [0, 0.05) is 30.1 Å². The van der Waals surface area contributed by atoms with Crippen LogP contribution in [-0.4, -0.2) is 79.5 Å². The Kier molecular flexibility index (Phi) is 8.61. The highest BCUT2D eigenvalue weighted by atomic mass is 32.1. The fourth-order valence-electron chi connectivity index (χ4n) is 4.40. The third-order valence-electron chi connectivity index (χ3n) is 6.26. The lowest BCUT2D eigenvalue weighted by atomic mass is 10.0. The van der Waals surface area contributed by atoms with E-state index in [0.29, 0.717) is 32.3 Å². The molecule has 1 amide bonds. The van der Waals surface area contributed by atoms with E-state index in [1.54, 1.807) is 24.5 Å². The van der Waals surface area contributed by atoms with E-state index in [2.05, 4.69) is 22.9 Å². The molecule has 4 rings (SSSR count). The van der Waals surface area contributed by atoms with Gasteiger partial charge in [-0.15, -0.1) is 17.9 Å². The van der Waals surface area contributed by atoms with Crippen molar-refractivity contribution in [3.63, 3.8) is 0 Å². The van der Waals surface area contributed by atoms with E-state index in [0.717, 1.165) is 30.8 Å². The summed E-state index contributed by atoms with van der Waals surface area (Å²) in [6.45, 7) is 6.04. The Balaban J connectivity index is 1.42. The maximum atomic E-state index is 13.5. The number of aliphatic hydroxyl groups is 1. The van der Waals surface area contributed by atoms with Crippen molar-refractivity contribution in [2.75, 3.05) is 46.6 Å². The molecular formula is C26H34N2O5S. The van der Waals surface area contributed by atoms with E-state index < -0.39 is 6.10 Å². The van der Waals surface area contributed by atoms with Crippen molar-refractivity contribution in [3.05, 3.63) is 58.8 Å². The van der Waals surface area contributed by atoms with Gasteiger partial charge in [0.2, 0.25) is 5.91 Å². The number of nitrogens with zero attached hydrogens (tertiary/aromatic N) is 2. The van der Waals surface area contributed by atoms with Crippen LogP contribution in [0.4, 0.5) is 0 Å². The topological polar surface area (TPSA) is 71.5 Å². The predicted octanol–water partition coefficient (Wildman–Crippen LogP) is 3.29. The Morgan fingerprint density at radius 1 is 1.35 bits per heavy atom. The molecule has 8 heteroatoms. The summed E-state index contributed by atoms with van der Waals surface area (Å²) < 4.78 is 16.8. The van der Waals surface area contributed by atoms with Crippen molar-refractivity contribution in [2.24, 2.45) is 0 Å². The number of amides is 1. The van der Waals surface area contributed by atoms with E-state index in [1.165, 1.54) is 10.4 Å². The zero-order valence-corrected chi connectivity index (χ0v) is 20.5. The molecule has 0 unspecified atom stereocenters. The lowest BCUT2D eigenvalue weighted by Crippen LogP contribution is -2.48. The lowest BCUT2D eigenvalue weighted by molar-refractivity contribution is -0.136. The number of carbonyl (C=O) groups is 1. The van der Waals surface area contributed by atoms with Gasteiger partial charge in [-0.05, 0) is 48.4 Å². The Morgan fingerprint density at radius 2 is 2.18 bits per heavy atom. The minimum atomic E-state index is -0.634. The molecule has 34 heavy (non-hydrogen) atoms. The molecule has 1 fully saturated rings. The van der Waals surface area contributed by atoms with Gasteiger partial charge in [-0.3, -0.25) is 9.69 Å². The Hall–Kier alpha value is -2.39. The van der Waals surface area contributed by atoms with Crippen LogP contribution in [0.3, 0.4) is 0 Å². The number of carbonyl (C=O) groups excluding carboxylic acids is 1. The number of fused-ring (bicyclic) bond motifs is 1. The first-order valence-electron chi connectivity index (χ1n) is 11.8. The molecule has 0 saturated heterocycles. The van der Waals surface area contributed by atoms with Crippen molar-refractivity contribution >= 4 is 17.2 Å². The smallest absolute Gasteiger partial charge is 0.237 e. The SMILES string of the molecule is C=CCOC[C@H](O)CN(CC(=O)N1CCc2sccc2[C@@H]1COc1cccc(OC)c1)C1CC1. The summed E-state index contributed by atoms with van der Waals surface area (Å²) in [4.78, 5) is 18.9. The van der Waals surface area contributed by atoms with E-state index in [1.807, 2.05) is 29.2 Å². The first kappa shape index (κ1) is 24.7. The number of hydrogen-bond donors (Lipinski definition) is 1. The van der Waals surface area contributed by atoms with Crippen LogP contribution in [0, 0.1) is 0 Å². The monoisotopic (exact) mass is 486 g/mol. The third kappa shape index (κ3) is 6.39. The van der Waals surface area contributed by atoms with Gasteiger partial charge >= 0.3 is 0 Å². The van der Waals surface area contributed by atoms with Crippen molar-refractivity contribution in [1.82, 2.24) is 9.80 Å². The first-order valence-corrected chi connectivity index (χ1v) is 12.7. The number of rotatable bonds is 13. The molecule has 1 aliphatic heterocycles. The standard InChI is InChI=1S/C26H34N2O5S/c1-3-12-32-17-20(29)15-27(19-7-8-19)16-26(30)28-11-9-25-23(10-13-34-25)24(28)18-33-22-6-4-5-21(14-22)31-2/h3-6,10,13-14,19-20,24,29H,1,7-9,11-12,15-18H2,2H3/t20-,24+/m1/s1. The van der Waals surface area contributed by atoms with E-state index >= 15 is 0 Å². The Morgan fingerprint density at radius 3 is 2.94 bits per heavy atom. The number of thiophene rings is 1. The van der Waals surface area contributed by atoms with E-state index in [9.17, 15) is 9.90 Å². The number of hydrogen-bond acceptors (Lipinski definition) is 7. The molecule has 1 N–H and O–H groups in total. The van der Waals surface area contributed by atoms with Gasteiger partial charge < -0.3 is 24.2 Å². The van der Waals surface area contributed by atoms with Crippen LogP contribution in [-0.2, 0) is 16.0 Å². The van der Waals surface area contributed by atoms with E-state index in [4.69, 9.17) is 14.2 Å². The molecule has 0 spiro atoms. The molecule has 7 nitrogen and oxygen atoms in total. The lowest BCUT2D eigenvalue weighted by Gasteiger charge is -2.37. The van der Waals surface area contributed by atoms with Crippen molar-refractivity contribution in [2.45, 2.75) is 37.5 Å². The predicted molar refractivity (Wildman–Crippen MR) is 133 cm³/mol. The summed E-state index contributed by atoms with van der Waals surface area (Å²) in [7, 11) is 1.63. The van der Waals surface area contributed by atoms with Gasteiger partial charge in [0.1, 0.15) is 18.1 Å². The van der Waals surface area contributed by atoms with Crippen LogP contribution in [0.2, 0.25) is 0 Å². The Bertz CT molecular complexity index is 960. The normalized spacial score (nSPS) is 18.4. The van der Waals surface area contributed by atoms with Gasteiger partial charge in [-0.25, -0.2) is 0 Å². The van der Waals surface area contributed by atoms with Crippen molar-refractivity contribution in [1.29, 1.82) is 0 Å². The highest BCUT2D eigenvalue weighted by Gasteiger charge is 2.36. The first-order chi connectivity index (χ1) is 16.6. The van der Waals surface area contributed by atoms with Gasteiger partial charge in [0.15, 0.2) is 0 Å². The van der Waals surface area contributed by atoms with Gasteiger partial charge in [0.05, 0.1) is 39.0 Å². The molecule has 2 heterocycles. The molecule has 2 aliphatic rings. The van der Waals surface area contributed by atoms with Crippen molar-refractivity contribution in [3.8, 4) is 11.5 Å². The number of ether oxygens (including phenoxy) is 3. The zero-order chi connectivity index (χ0) is 23.9. The summed E-state index contributed by atoms with van der Waals surface area (Å²) in [6, 6.07) is 9.85. The molecular weight excluding hydrogens is 452 g/mol. The maximum Gasteiger partial charge on any atom is 0.237 e. The zero-order valence-electron chi connectivity index (χ0n) is 19.7. The van der Waals surface area contributed by atoms with Gasteiger partial charge in [0.25, 0.3) is 0 Å². The van der Waals surface area contributed by atoms with Crippen LogP contribution < -0.4 is 9.47 Å². The molecule has 1 saturated carbocycles. The second-order valence-corrected chi connectivity index (χ2v) is 9.78. The molecule has 1 aromatic carbocycles. The fraction of sp³-hybridized carbons (Fsp3) is 0.500. The molecule has 0 radical (unpaired) electrons.